The maximum atomic E-state index is 13.0. The second-order valence-electron chi connectivity index (χ2n) is 9.29. The summed E-state index contributed by atoms with van der Waals surface area (Å²) in [6.07, 6.45) is 7.82. The van der Waals surface area contributed by atoms with Crippen molar-refractivity contribution in [3.05, 3.63) is 40.3 Å². The highest BCUT2D eigenvalue weighted by molar-refractivity contribution is 5.94. The molecule has 1 aromatic carbocycles. The van der Waals surface area contributed by atoms with Gasteiger partial charge in [0.2, 0.25) is 0 Å². The average molecular weight is 365 g/mol. The third-order valence-corrected chi connectivity index (χ3v) is 7.55. The molecule has 0 spiro atoms. The lowest BCUT2D eigenvalue weighted by molar-refractivity contribution is -0.0688. The Labute approximate surface area is 159 Å². The van der Waals surface area contributed by atoms with Crippen LogP contribution in [0.5, 0.6) is 0 Å². The molecule has 1 heterocycles. The Bertz CT molecular complexity index is 942. The minimum absolute atomic E-state index is 0.00720. The number of nitrogens with zero attached hydrogens (tertiary/aromatic N) is 2. The summed E-state index contributed by atoms with van der Waals surface area (Å²) in [6, 6.07) is 7.52. The number of rotatable bonds is 3. The molecule has 1 aromatic heterocycles. The van der Waals surface area contributed by atoms with Gasteiger partial charge in [0.25, 0.3) is 11.5 Å². The lowest BCUT2D eigenvalue weighted by Crippen LogP contribution is -2.56. The smallest absolute Gasteiger partial charge is 0.282 e. The topological polar surface area (TPSA) is 64.0 Å². The van der Waals surface area contributed by atoms with Crippen LogP contribution in [0.25, 0.3) is 11.0 Å². The number of benzene rings is 1. The Hall–Kier alpha value is -2.17. The van der Waals surface area contributed by atoms with Crippen LogP contribution in [0, 0.1) is 23.2 Å². The van der Waals surface area contributed by atoms with Gasteiger partial charge in [-0.05, 0) is 80.8 Å². The van der Waals surface area contributed by atoms with E-state index >= 15 is 0 Å². The molecule has 5 heteroatoms. The molecule has 0 radical (unpaired) electrons. The van der Waals surface area contributed by atoms with Gasteiger partial charge in [-0.1, -0.05) is 12.1 Å². The van der Waals surface area contributed by atoms with Gasteiger partial charge in [-0.15, -0.1) is 0 Å². The van der Waals surface area contributed by atoms with Crippen molar-refractivity contribution >= 4 is 16.9 Å². The largest absolute Gasteiger partial charge is 0.348 e. The number of aromatic nitrogens is 2. The Morgan fingerprint density at radius 3 is 2.37 bits per heavy atom. The zero-order chi connectivity index (χ0) is 18.8. The molecular formula is C22H27N3O2. The first-order valence-electron chi connectivity index (χ1n) is 10.2. The van der Waals surface area contributed by atoms with Gasteiger partial charge in [-0.2, -0.15) is 0 Å². The first-order chi connectivity index (χ1) is 12.9. The number of amides is 1. The predicted octanol–water partition coefficient (Wildman–Crippen LogP) is 3.27. The highest BCUT2D eigenvalue weighted by Crippen LogP contribution is 2.61. The molecule has 6 rings (SSSR count). The number of hydrogen-bond acceptors (Lipinski definition) is 3. The number of carbonyl (C=O) groups is 1. The second kappa shape index (κ2) is 5.91. The van der Waals surface area contributed by atoms with Gasteiger partial charge in [0.15, 0.2) is 5.69 Å². The highest BCUT2D eigenvalue weighted by Gasteiger charge is 2.53. The van der Waals surface area contributed by atoms with Crippen molar-refractivity contribution in [2.45, 2.75) is 51.5 Å². The van der Waals surface area contributed by atoms with Gasteiger partial charge in [-0.25, -0.2) is 4.98 Å². The molecule has 5 nitrogen and oxygen atoms in total. The Morgan fingerprint density at radius 1 is 1.15 bits per heavy atom. The Kier molecular flexibility index (Phi) is 3.72. The normalized spacial score (nSPS) is 32.6. The minimum atomic E-state index is -0.330. The van der Waals surface area contributed by atoms with Crippen LogP contribution in [0.3, 0.4) is 0 Å². The zero-order valence-electron chi connectivity index (χ0n) is 16.1. The van der Waals surface area contributed by atoms with E-state index in [9.17, 15) is 9.59 Å². The van der Waals surface area contributed by atoms with E-state index in [-0.39, 0.29) is 28.6 Å². The first-order valence-corrected chi connectivity index (χ1v) is 10.2. The number of hydrogen-bond donors (Lipinski definition) is 1. The van der Waals surface area contributed by atoms with Gasteiger partial charge in [0, 0.05) is 13.1 Å². The summed E-state index contributed by atoms with van der Waals surface area (Å²) in [5.41, 5.74) is 1.31. The molecule has 2 aromatic rings. The van der Waals surface area contributed by atoms with Crippen molar-refractivity contribution in [3.8, 4) is 0 Å². The van der Waals surface area contributed by atoms with Crippen LogP contribution in [0.2, 0.25) is 0 Å². The van der Waals surface area contributed by atoms with Crippen molar-refractivity contribution in [2.24, 2.45) is 30.2 Å². The molecule has 0 saturated heterocycles. The molecule has 4 aliphatic rings. The third kappa shape index (κ3) is 2.62. The van der Waals surface area contributed by atoms with Crippen molar-refractivity contribution in [2.75, 3.05) is 0 Å². The van der Waals surface area contributed by atoms with Gasteiger partial charge in [0.1, 0.15) is 0 Å². The standard InChI is InChI=1S/C22H27N3O2/c1-13(22-10-14-7-15(11-22)9-16(8-14)12-22)23-20(26)19-21(27)25(2)18-6-4-3-5-17(18)24-19/h3-6,13-16H,7-12H2,1-2H3,(H,23,26)/t13-,14?,15?,16?,22?/m1/s1. The molecule has 142 valence electrons. The van der Waals surface area contributed by atoms with E-state index in [0.29, 0.717) is 5.52 Å². The lowest BCUT2D eigenvalue weighted by atomic mass is 9.48. The summed E-state index contributed by atoms with van der Waals surface area (Å²) < 4.78 is 1.52. The molecular weight excluding hydrogens is 338 g/mol. The second-order valence-corrected chi connectivity index (χ2v) is 9.29. The maximum absolute atomic E-state index is 13.0. The molecule has 1 amide bonds. The molecule has 0 aliphatic heterocycles. The fourth-order valence-electron chi connectivity index (χ4n) is 6.55. The number of carbonyl (C=O) groups excluding carboxylic acids is 1. The summed E-state index contributed by atoms with van der Waals surface area (Å²) >= 11 is 0. The van der Waals surface area contributed by atoms with Crippen LogP contribution in [-0.2, 0) is 7.05 Å². The first kappa shape index (κ1) is 17.0. The Balaban J connectivity index is 1.43. The van der Waals surface area contributed by atoms with Crippen molar-refractivity contribution < 1.29 is 4.79 Å². The summed E-state index contributed by atoms with van der Waals surface area (Å²) in [5, 5.41) is 3.17. The van der Waals surface area contributed by atoms with E-state index in [1.165, 1.54) is 43.1 Å². The van der Waals surface area contributed by atoms with Gasteiger partial charge < -0.3 is 9.88 Å². The van der Waals surface area contributed by atoms with Crippen LogP contribution in [0.15, 0.2) is 29.1 Å². The van der Waals surface area contributed by atoms with E-state index in [1.807, 2.05) is 24.3 Å². The fraction of sp³-hybridized carbons (Fsp3) is 0.591. The maximum Gasteiger partial charge on any atom is 0.282 e. The number of fused-ring (bicyclic) bond motifs is 1. The van der Waals surface area contributed by atoms with Crippen molar-refractivity contribution in [1.82, 2.24) is 14.9 Å². The van der Waals surface area contributed by atoms with E-state index in [2.05, 4.69) is 17.2 Å². The zero-order valence-corrected chi connectivity index (χ0v) is 16.1. The van der Waals surface area contributed by atoms with E-state index in [4.69, 9.17) is 0 Å². The molecule has 0 unspecified atom stereocenters. The van der Waals surface area contributed by atoms with Crippen LogP contribution < -0.4 is 10.9 Å². The van der Waals surface area contributed by atoms with Crippen molar-refractivity contribution in [3.63, 3.8) is 0 Å². The molecule has 1 atom stereocenters. The summed E-state index contributed by atoms with van der Waals surface area (Å²) in [7, 11) is 1.70. The molecule has 27 heavy (non-hydrogen) atoms. The minimum Gasteiger partial charge on any atom is -0.348 e. The SMILES string of the molecule is C[C@@H](NC(=O)c1nc2ccccc2n(C)c1=O)C12CC3CC(CC(C3)C1)C2. The molecule has 4 saturated carbocycles. The van der Waals surface area contributed by atoms with Gasteiger partial charge in [0.05, 0.1) is 11.0 Å². The number of aryl methyl sites for hydroxylation is 1. The van der Waals surface area contributed by atoms with E-state index in [1.54, 1.807) is 7.05 Å². The van der Waals surface area contributed by atoms with Crippen LogP contribution >= 0.6 is 0 Å². The lowest BCUT2D eigenvalue weighted by Gasteiger charge is -2.59. The molecule has 4 fully saturated rings. The van der Waals surface area contributed by atoms with Gasteiger partial charge in [-0.3, -0.25) is 9.59 Å². The summed E-state index contributed by atoms with van der Waals surface area (Å²) in [5.74, 6) is 2.18. The summed E-state index contributed by atoms with van der Waals surface area (Å²) in [4.78, 5) is 30.1. The highest BCUT2D eigenvalue weighted by atomic mass is 16.2. The van der Waals surface area contributed by atoms with E-state index in [0.717, 1.165) is 23.3 Å². The van der Waals surface area contributed by atoms with Crippen LogP contribution in [0.4, 0.5) is 0 Å². The molecule has 1 N–H and O–H groups in total. The predicted molar refractivity (Wildman–Crippen MR) is 105 cm³/mol. The van der Waals surface area contributed by atoms with Crippen molar-refractivity contribution in [1.29, 1.82) is 0 Å². The third-order valence-electron chi connectivity index (χ3n) is 7.55. The molecule has 4 bridgehead atoms. The number of para-hydroxylation sites is 2. The van der Waals surface area contributed by atoms with Gasteiger partial charge >= 0.3 is 0 Å². The van der Waals surface area contributed by atoms with Crippen LogP contribution in [0.1, 0.15) is 55.9 Å². The van der Waals surface area contributed by atoms with Crippen LogP contribution in [-0.4, -0.2) is 21.5 Å². The van der Waals surface area contributed by atoms with E-state index < -0.39 is 0 Å². The monoisotopic (exact) mass is 365 g/mol. The number of nitrogens with one attached hydrogen (secondary N) is 1. The fourth-order valence-corrected chi connectivity index (χ4v) is 6.55. The molecule has 4 aliphatic carbocycles. The average Bonchev–Trinajstić information content (AvgIpc) is 2.63. The Morgan fingerprint density at radius 2 is 1.74 bits per heavy atom. The summed E-state index contributed by atoms with van der Waals surface area (Å²) in [6.45, 7) is 2.14. The quantitative estimate of drug-likeness (QED) is 0.908.